The summed E-state index contributed by atoms with van der Waals surface area (Å²) in [5.74, 6) is -0.603. The van der Waals surface area contributed by atoms with Crippen molar-refractivity contribution in [2.75, 3.05) is 25.2 Å². The highest BCUT2D eigenvalue weighted by Crippen LogP contribution is 2.27. The van der Waals surface area contributed by atoms with E-state index in [4.69, 9.17) is 9.47 Å². The molecule has 1 fully saturated rings. The Balaban J connectivity index is 1.54. The number of nitrogens with zero attached hydrogens (tertiary/aromatic N) is 1. The molecule has 1 atom stereocenters. The molecule has 33 heavy (non-hydrogen) atoms. The van der Waals surface area contributed by atoms with Crippen molar-refractivity contribution in [2.24, 2.45) is 0 Å². The molecule has 0 radical (unpaired) electrons. The molecule has 0 saturated carbocycles. The van der Waals surface area contributed by atoms with Crippen LogP contribution in [0, 0.1) is 0 Å². The molecule has 0 aliphatic carbocycles. The van der Waals surface area contributed by atoms with E-state index in [1.807, 2.05) is 18.2 Å². The smallest absolute Gasteiger partial charge is 0.339 e. The van der Waals surface area contributed by atoms with E-state index in [2.05, 4.69) is 10.3 Å². The number of rotatable bonds is 6. The second kappa shape index (κ2) is 8.82. The molecular weight excluding hydrogens is 444 g/mol. The number of sulfone groups is 1. The average Bonchev–Trinajstić information content (AvgIpc) is 3.08. The first-order chi connectivity index (χ1) is 15.7. The van der Waals surface area contributed by atoms with Gasteiger partial charge in [0, 0.05) is 10.9 Å². The van der Waals surface area contributed by atoms with E-state index < -0.39 is 33.9 Å². The predicted molar refractivity (Wildman–Crippen MR) is 124 cm³/mol. The minimum absolute atomic E-state index is 0.0285. The fraction of sp³-hybridized carbons (Fsp3) is 0.292. The van der Waals surface area contributed by atoms with Gasteiger partial charge in [-0.15, -0.1) is 0 Å². The molecule has 1 amide bonds. The fourth-order valence-corrected chi connectivity index (χ4v) is 6.04. The zero-order valence-corrected chi connectivity index (χ0v) is 19.1. The van der Waals surface area contributed by atoms with Gasteiger partial charge in [-0.3, -0.25) is 4.79 Å². The van der Waals surface area contributed by atoms with Crippen molar-refractivity contribution >= 4 is 32.6 Å². The van der Waals surface area contributed by atoms with Crippen molar-refractivity contribution in [1.82, 2.24) is 10.3 Å². The maximum absolute atomic E-state index is 12.9. The van der Waals surface area contributed by atoms with E-state index in [0.717, 1.165) is 5.56 Å². The number of esters is 1. The Morgan fingerprint density at radius 1 is 1.12 bits per heavy atom. The van der Waals surface area contributed by atoms with E-state index in [-0.39, 0.29) is 17.1 Å². The zero-order valence-electron chi connectivity index (χ0n) is 18.3. The molecule has 1 unspecified atom stereocenters. The van der Waals surface area contributed by atoms with Crippen molar-refractivity contribution in [1.29, 1.82) is 0 Å². The molecule has 4 rings (SSSR count). The topological polar surface area (TPSA) is 112 Å². The van der Waals surface area contributed by atoms with Crippen LogP contribution in [0.15, 0.2) is 54.6 Å². The molecule has 172 valence electrons. The van der Waals surface area contributed by atoms with Gasteiger partial charge in [-0.2, -0.15) is 0 Å². The van der Waals surface area contributed by atoms with E-state index in [0.29, 0.717) is 28.8 Å². The summed E-state index contributed by atoms with van der Waals surface area (Å²) >= 11 is 0. The number of hydrogen-bond donors (Lipinski definition) is 1. The number of para-hydroxylation sites is 1. The van der Waals surface area contributed by atoms with Gasteiger partial charge >= 0.3 is 5.97 Å². The fourth-order valence-electron chi connectivity index (χ4n) is 3.94. The van der Waals surface area contributed by atoms with Gasteiger partial charge in [0.05, 0.1) is 40.9 Å². The van der Waals surface area contributed by atoms with Crippen LogP contribution in [0.4, 0.5) is 0 Å². The van der Waals surface area contributed by atoms with Crippen LogP contribution in [0.25, 0.3) is 22.2 Å². The molecule has 0 spiro atoms. The third kappa shape index (κ3) is 5.14. The number of pyridine rings is 1. The molecule has 1 N–H and O–H groups in total. The van der Waals surface area contributed by atoms with Crippen LogP contribution in [0.1, 0.15) is 23.7 Å². The summed E-state index contributed by atoms with van der Waals surface area (Å²) in [6.45, 7) is 1.16. The van der Waals surface area contributed by atoms with Crippen molar-refractivity contribution < 1.29 is 27.5 Å². The predicted octanol–water partition coefficient (Wildman–Crippen LogP) is 2.76. The lowest BCUT2D eigenvalue weighted by Crippen LogP contribution is -2.48. The number of benzene rings is 2. The monoisotopic (exact) mass is 468 g/mol. The first-order valence-electron chi connectivity index (χ1n) is 10.4. The molecule has 1 aromatic heterocycles. The molecule has 1 saturated heterocycles. The molecular formula is C24H24N2O6S. The lowest BCUT2D eigenvalue weighted by molar-refractivity contribution is -0.125. The van der Waals surface area contributed by atoms with Crippen molar-refractivity contribution in [3.05, 3.63) is 60.2 Å². The summed E-state index contributed by atoms with van der Waals surface area (Å²) < 4.78 is 34.0. The minimum Gasteiger partial charge on any atom is -0.497 e. The van der Waals surface area contributed by atoms with Crippen LogP contribution in [0.5, 0.6) is 5.75 Å². The third-order valence-corrected chi connectivity index (χ3v) is 7.50. The van der Waals surface area contributed by atoms with E-state index in [1.165, 1.54) is 0 Å². The third-order valence-electron chi connectivity index (χ3n) is 5.60. The molecule has 9 heteroatoms. The SMILES string of the molecule is COc1ccc(-c2cc(C(=O)OCC(=O)NC3(C)CCS(=O)(=O)C3)c3ccccc3n2)cc1. The molecule has 0 bridgehead atoms. The normalized spacial score (nSPS) is 19.2. The molecule has 8 nitrogen and oxygen atoms in total. The van der Waals surface area contributed by atoms with E-state index >= 15 is 0 Å². The van der Waals surface area contributed by atoms with Crippen LogP contribution in [0.2, 0.25) is 0 Å². The number of aromatic nitrogens is 1. The molecule has 3 aromatic rings. The van der Waals surface area contributed by atoms with Gasteiger partial charge in [0.2, 0.25) is 0 Å². The number of hydrogen-bond acceptors (Lipinski definition) is 7. The maximum atomic E-state index is 12.9. The van der Waals surface area contributed by atoms with Gasteiger partial charge in [-0.25, -0.2) is 18.2 Å². The summed E-state index contributed by atoms with van der Waals surface area (Å²) in [5, 5.41) is 3.29. The number of carbonyl (C=O) groups is 2. The number of fused-ring (bicyclic) bond motifs is 1. The molecule has 2 aromatic carbocycles. The van der Waals surface area contributed by atoms with Crippen LogP contribution in [0.3, 0.4) is 0 Å². The average molecular weight is 469 g/mol. The second-order valence-electron chi connectivity index (χ2n) is 8.33. The first kappa shape index (κ1) is 22.7. The van der Waals surface area contributed by atoms with Crippen molar-refractivity contribution in [2.45, 2.75) is 18.9 Å². The zero-order chi connectivity index (χ0) is 23.6. The summed E-state index contributed by atoms with van der Waals surface area (Å²) in [6.07, 6.45) is 0.329. The van der Waals surface area contributed by atoms with Gasteiger partial charge in [-0.05, 0) is 49.7 Å². The lowest BCUT2D eigenvalue weighted by Gasteiger charge is -2.23. The molecule has 2 heterocycles. The number of methoxy groups -OCH3 is 1. The largest absolute Gasteiger partial charge is 0.497 e. The standard InChI is InChI=1S/C24H24N2O6S/c1-24(11-12-33(29,30)15-24)26-22(27)14-32-23(28)19-13-21(16-7-9-17(31-2)10-8-16)25-20-6-4-3-5-18(19)20/h3-10,13H,11-12,14-15H2,1-2H3,(H,26,27). The maximum Gasteiger partial charge on any atom is 0.339 e. The Labute approximate surface area is 191 Å². The van der Waals surface area contributed by atoms with Crippen LogP contribution in [-0.2, 0) is 19.4 Å². The second-order valence-corrected chi connectivity index (χ2v) is 10.5. The summed E-state index contributed by atoms with van der Waals surface area (Å²) in [5.41, 5.74) is 1.42. The highest BCUT2D eigenvalue weighted by atomic mass is 32.2. The number of nitrogens with one attached hydrogen (secondary N) is 1. The Morgan fingerprint density at radius 3 is 2.52 bits per heavy atom. The number of amides is 1. The Bertz CT molecular complexity index is 1320. The van der Waals surface area contributed by atoms with Gasteiger partial charge < -0.3 is 14.8 Å². The van der Waals surface area contributed by atoms with E-state index in [1.54, 1.807) is 50.4 Å². The van der Waals surface area contributed by atoms with Crippen LogP contribution in [-0.4, -0.2) is 56.0 Å². The van der Waals surface area contributed by atoms with Crippen molar-refractivity contribution in [3.63, 3.8) is 0 Å². The summed E-state index contributed by atoms with van der Waals surface area (Å²) in [6, 6.07) is 16.1. The first-order valence-corrected chi connectivity index (χ1v) is 12.2. The number of carbonyl (C=O) groups excluding carboxylic acids is 2. The molecule has 1 aliphatic heterocycles. The Hall–Kier alpha value is -3.46. The summed E-state index contributed by atoms with van der Waals surface area (Å²) in [7, 11) is -1.59. The van der Waals surface area contributed by atoms with Gasteiger partial charge in [0.15, 0.2) is 16.4 Å². The highest BCUT2D eigenvalue weighted by molar-refractivity contribution is 7.91. The van der Waals surface area contributed by atoms with Gasteiger partial charge in [0.1, 0.15) is 5.75 Å². The van der Waals surface area contributed by atoms with Crippen molar-refractivity contribution in [3.8, 4) is 17.0 Å². The quantitative estimate of drug-likeness (QED) is 0.554. The summed E-state index contributed by atoms with van der Waals surface area (Å²) in [4.78, 5) is 29.9. The highest BCUT2D eigenvalue weighted by Gasteiger charge is 2.39. The Kier molecular flexibility index (Phi) is 6.07. The Morgan fingerprint density at radius 2 is 1.85 bits per heavy atom. The van der Waals surface area contributed by atoms with Crippen LogP contribution < -0.4 is 10.1 Å². The van der Waals surface area contributed by atoms with Crippen LogP contribution >= 0.6 is 0 Å². The van der Waals surface area contributed by atoms with Gasteiger partial charge in [0.25, 0.3) is 5.91 Å². The minimum atomic E-state index is -3.17. The number of ether oxygens (including phenoxy) is 2. The van der Waals surface area contributed by atoms with E-state index in [9.17, 15) is 18.0 Å². The molecule has 1 aliphatic rings. The van der Waals surface area contributed by atoms with Gasteiger partial charge in [-0.1, -0.05) is 18.2 Å². The lowest BCUT2D eigenvalue weighted by atomic mass is 10.0.